The van der Waals surface area contributed by atoms with Crippen LogP contribution in [-0.2, 0) is 11.3 Å². The Labute approximate surface area is 175 Å². The summed E-state index contributed by atoms with van der Waals surface area (Å²) in [6.07, 6.45) is 1.83. The largest absolute Gasteiger partial charge is 0.383 e. The zero-order valence-electron chi connectivity index (χ0n) is 15.9. The van der Waals surface area contributed by atoms with E-state index in [9.17, 15) is 9.18 Å². The van der Waals surface area contributed by atoms with Gasteiger partial charge in [0.2, 0.25) is 11.7 Å². The van der Waals surface area contributed by atoms with Crippen LogP contribution >= 0.6 is 11.8 Å². The summed E-state index contributed by atoms with van der Waals surface area (Å²) in [6.45, 7) is -0.157. The van der Waals surface area contributed by atoms with Crippen LogP contribution in [0.25, 0.3) is 22.8 Å². The number of anilines is 2. The van der Waals surface area contributed by atoms with Gasteiger partial charge in [-0.05, 0) is 24.5 Å². The number of nitrogens with two attached hydrogens (primary N) is 1. The molecular weight excluding hydrogens is 407 g/mol. The highest BCUT2D eigenvalue weighted by Gasteiger charge is 2.23. The maximum absolute atomic E-state index is 13.3. The number of halogens is 1. The van der Waals surface area contributed by atoms with Crippen molar-refractivity contribution in [2.75, 3.05) is 17.3 Å². The number of nitrogens with zero attached hydrogens (tertiary/aromatic N) is 4. The topological polar surface area (TPSA) is 112 Å². The summed E-state index contributed by atoms with van der Waals surface area (Å²) < 4.78 is 20.1. The van der Waals surface area contributed by atoms with Gasteiger partial charge >= 0.3 is 0 Å². The molecule has 0 radical (unpaired) electrons. The number of carbonyl (C=O) groups excluding carboxylic acids is 1. The normalized spacial score (nSPS) is 10.9. The summed E-state index contributed by atoms with van der Waals surface area (Å²) in [5.41, 5.74) is 7.87. The molecule has 0 aliphatic heterocycles. The summed E-state index contributed by atoms with van der Waals surface area (Å²) in [4.78, 5) is 16.8. The molecule has 10 heteroatoms. The van der Waals surface area contributed by atoms with Crippen LogP contribution in [-0.4, -0.2) is 32.1 Å². The maximum atomic E-state index is 13.3. The molecule has 0 unspecified atom stereocenters. The lowest BCUT2D eigenvalue weighted by atomic mass is 10.2. The quantitative estimate of drug-likeness (QED) is 0.454. The molecule has 30 heavy (non-hydrogen) atoms. The molecular formula is C20H17FN6O2S. The molecule has 0 fully saturated rings. The van der Waals surface area contributed by atoms with Crippen molar-refractivity contribution in [3.05, 3.63) is 60.4 Å². The van der Waals surface area contributed by atoms with Crippen LogP contribution < -0.4 is 11.1 Å². The first kappa shape index (κ1) is 19.6. The average Bonchev–Trinajstić information content (AvgIpc) is 3.33. The van der Waals surface area contributed by atoms with Gasteiger partial charge in [0, 0.05) is 11.3 Å². The van der Waals surface area contributed by atoms with Crippen molar-refractivity contribution in [1.29, 1.82) is 0 Å². The number of benzene rings is 2. The van der Waals surface area contributed by atoms with E-state index in [0.717, 1.165) is 5.56 Å². The Balaban J connectivity index is 1.59. The highest BCUT2D eigenvalue weighted by molar-refractivity contribution is 7.98. The van der Waals surface area contributed by atoms with Crippen molar-refractivity contribution < 1.29 is 13.7 Å². The minimum absolute atomic E-state index is 0.157. The number of rotatable bonds is 6. The SMILES string of the molecule is CSc1nn(CC(=O)Nc2cccc(F)c2)c(N)c1-c1nc(-c2ccccc2)no1. The van der Waals surface area contributed by atoms with Crippen LogP contribution in [0.5, 0.6) is 0 Å². The molecule has 4 rings (SSSR count). The van der Waals surface area contributed by atoms with Crippen LogP contribution in [0.4, 0.5) is 15.9 Å². The van der Waals surface area contributed by atoms with E-state index in [0.29, 0.717) is 22.1 Å². The van der Waals surface area contributed by atoms with Crippen molar-refractivity contribution in [2.45, 2.75) is 11.6 Å². The first-order chi connectivity index (χ1) is 14.5. The Morgan fingerprint density at radius 1 is 1.23 bits per heavy atom. The van der Waals surface area contributed by atoms with Gasteiger partial charge in [-0.1, -0.05) is 41.6 Å². The molecule has 4 aromatic rings. The van der Waals surface area contributed by atoms with Crippen LogP contribution in [0.15, 0.2) is 64.1 Å². The number of hydrogen-bond donors (Lipinski definition) is 2. The van der Waals surface area contributed by atoms with Gasteiger partial charge in [-0.25, -0.2) is 9.07 Å². The van der Waals surface area contributed by atoms with Gasteiger partial charge in [-0.15, -0.1) is 11.8 Å². The standard InChI is InChI=1S/C20H17FN6O2S/c1-30-20-16(19-24-18(26-29-19)12-6-3-2-4-7-12)17(22)27(25-20)11-15(28)23-14-9-5-8-13(21)10-14/h2-10H,11,22H2,1H3,(H,23,28). The molecule has 8 nitrogen and oxygen atoms in total. The highest BCUT2D eigenvalue weighted by atomic mass is 32.2. The minimum Gasteiger partial charge on any atom is -0.383 e. The lowest BCUT2D eigenvalue weighted by Crippen LogP contribution is -2.20. The average molecular weight is 424 g/mol. The zero-order valence-corrected chi connectivity index (χ0v) is 16.7. The molecule has 2 aromatic heterocycles. The third-order valence-corrected chi connectivity index (χ3v) is 4.90. The summed E-state index contributed by atoms with van der Waals surface area (Å²) in [5.74, 6) is 0.0200. The van der Waals surface area contributed by atoms with E-state index in [1.54, 1.807) is 6.07 Å². The fourth-order valence-electron chi connectivity index (χ4n) is 2.85. The molecule has 0 aliphatic rings. The van der Waals surface area contributed by atoms with Crippen LogP contribution in [0.3, 0.4) is 0 Å². The number of aromatic nitrogens is 4. The maximum Gasteiger partial charge on any atom is 0.264 e. The van der Waals surface area contributed by atoms with Gasteiger partial charge in [-0.3, -0.25) is 4.79 Å². The summed E-state index contributed by atoms with van der Waals surface area (Å²) in [6, 6.07) is 15.0. The second kappa shape index (κ2) is 8.37. The smallest absolute Gasteiger partial charge is 0.264 e. The lowest BCUT2D eigenvalue weighted by molar-refractivity contribution is -0.116. The Morgan fingerprint density at radius 2 is 2.03 bits per heavy atom. The first-order valence-corrected chi connectivity index (χ1v) is 10.1. The Bertz CT molecular complexity index is 1190. The highest BCUT2D eigenvalue weighted by Crippen LogP contribution is 2.34. The molecule has 1 amide bonds. The fourth-order valence-corrected chi connectivity index (χ4v) is 3.43. The fraction of sp³-hybridized carbons (Fsp3) is 0.100. The van der Waals surface area contributed by atoms with Gasteiger partial charge < -0.3 is 15.6 Å². The van der Waals surface area contributed by atoms with Crippen molar-refractivity contribution in [3.63, 3.8) is 0 Å². The van der Waals surface area contributed by atoms with Gasteiger partial charge in [0.1, 0.15) is 28.8 Å². The second-order valence-electron chi connectivity index (χ2n) is 6.27. The molecule has 3 N–H and O–H groups in total. The number of thioether (sulfide) groups is 1. The number of nitrogen functional groups attached to an aromatic ring is 1. The van der Waals surface area contributed by atoms with Crippen LogP contribution in [0, 0.1) is 5.82 Å². The Morgan fingerprint density at radius 3 is 2.77 bits per heavy atom. The molecule has 0 spiro atoms. The number of amides is 1. The molecule has 0 aliphatic carbocycles. The minimum atomic E-state index is -0.441. The van der Waals surface area contributed by atoms with E-state index in [1.165, 1.54) is 34.6 Å². The van der Waals surface area contributed by atoms with E-state index >= 15 is 0 Å². The molecule has 0 atom stereocenters. The first-order valence-electron chi connectivity index (χ1n) is 8.90. The number of nitrogens with one attached hydrogen (secondary N) is 1. The Hall–Kier alpha value is -3.66. The predicted octanol–water partition coefficient (Wildman–Crippen LogP) is 3.68. The second-order valence-corrected chi connectivity index (χ2v) is 7.07. The van der Waals surface area contributed by atoms with Gasteiger partial charge in [0.25, 0.3) is 5.89 Å². The zero-order chi connectivity index (χ0) is 21.1. The van der Waals surface area contributed by atoms with Crippen molar-refractivity contribution in [3.8, 4) is 22.8 Å². The molecule has 152 valence electrons. The third kappa shape index (κ3) is 4.03. The third-order valence-electron chi connectivity index (χ3n) is 4.23. The molecule has 0 bridgehead atoms. The van der Waals surface area contributed by atoms with E-state index in [-0.39, 0.29) is 18.3 Å². The summed E-state index contributed by atoms with van der Waals surface area (Å²) >= 11 is 1.34. The van der Waals surface area contributed by atoms with Gasteiger partial charge in [0.15, 0.2) is 0 Å². The van der Waals surface area contributed by atoms with Crippen LogP contribution in [0.2, 0.25) is 0 Å². The Kier molecular flexibility index (Phi) is 5.48. The lowest BCUT2D eigenvalue weighted by Gasteiger charge is -2.06. The van der Waals surface area contributed by atoms with E-state index in [2.05, 4.69) is 20.6 Å². The van der Waals surface area contributed by atoms with Crippen molar-refractivity contribution in [2.24, 2.45) is 0 Å². The molecule has 0 saturated heterocycles. The summed E-state index contributed by atoms with van der Waals surface area (Å²) in [5, 5.41) is 11.6. The van der Waals surface area contributed by atoms with E-state index < -0.39 is 11.7 Å². The van der Waals surface area contributed by atoms with Gasteiger partial charge in [0.05, 0.1) is 0 Å². The van der Waals surface area contributed by atoms with Crippen molar-refractivity contribution >= 4 is 29.2 Å². The summed E-state index contributed by atoms with van der Waals surface area (Å²) in [7, 11) is 0. The molecule has 0 saturated carbocycles. The van der Waals surface area contributed by atoms with Crippen molar-refractivity contribution in [1.82, 2.24) is 19.9 Å². The molecule has 2 aromatic carbocycles. The predicted molar refractivity (Wildman–Crippen MR) is 112 cm³/mol. The van der Waals surface area contributed by atoms with Gasteiger partial charge in [-0.2, -0.15) is 10.1 Å². The number of carbonyl (C=O) groups is 1. The number of hydrogen-bond acceptors (Lipinski definition) is 7. The monoisotopic (exact) mass is 424 g/mol. The van der Waals surface area contributed by atoms with E-state index in [1.807, 2.05) is 36.6 Å². The molecule has 2 heterocycles. The van der Waals surface area contributed by atoms with E-state index in [4.69, 9.17) is 10.3 Å². The van der Waals surface area contributed by atoms with Crippen LogP contribution in [0.1, 0.15) is 0 Å².